The summed E-state index contributed by atoms with van der Waals surface area (Å²) >= 11 is 0. The van der Waals surface area contributed by atoms with Gasteiger partial charge in [-0.3, -0.25) is 9.59 Å². The number of aromatic nitrogens is 4. The normalized spacial score (nSPS) is 17.4. The van der Waals surface area contributed by atoms with Crippen molar-refractivity contribution in [3.8, 4) is 11.4 Å². The summed E-state index contributed by atoms with van der Waals surface area (Å²) in [5, 5.41) is 11.7. The second-order valence-electron chi connectivity index (χ2n) is 9.85. The number of carbonyl (C=O) groups is 2. The Balaban J connectivity index is 1.36. The maximum Gasteiger partial charge on any atom is 0.272 e. The van der Waals surface area contributed by atoms with Gasteiger partial charge in [0.1, 0.15) is 11.5 Å². The van der Waals surface area contributed by atoms with Gasteiger partial charge in [-0.05, 0) is 61.4 Å². The zero-order valence-corrected chi connectivity index (χ0v) is 18.9. The van der Waals surface area contributed by atoms with Crippen LogP contribution in [0.2, 0.25) is 0 Å². The molecule has 0 fully saturated rings. The van der Waals surface area contributed by atoms with Gasteiger partial charge in [0.2, 0.25) is 0 Å². The third kappa shape index (κ3) is 3.66. The minimum atomic E-state index is -0.230. The summed E-state index contributed by atoms with van der Waals surface area (Å²) in [5.74, 6) is 1.82. The average Bonchev–Trinajstić information content (AvgIpc) is 3.19. The van der Waals surface area contributed by atoms with Gasteiger partial charge in [-0.25, -0.2) is 0 Å². The lowest BCUT2D eigenvalue weighted by molar-refractivity contribution is 0.0910. The highest BCUT2D eigenvalue weighted by atomic mass is 16.2. The predicted octanol–water partition coefficient (Wildman–Crippen LogP) is 4.72. The highest BCUT2D eigenvalue weighted by molar-refractivity contribution is 6.08. The first-order valence-electron chi connectivity index (χ1n) is 11.4. The number of carbonyl (C=O) groups excluding carboxylic acids is 2. The molecule has 0 saturated carbocycles. The number of nitrogens with one attached hydrogen (secondary N) is 2. The number of rotatable bonds is 3. The number of aromatic amines is 1. The summed E-state index contributed by atoms with van der Waals surface area (Å²) < 4.78 is 2.21. The van der Waals surface area contributed by atoms with Crippen LogP contribution in [0.15, 0.2) is 24.3 Å². The van der Waals surface area contributed by atoms with Crippen LogP contribution < -0.4 is 5.32 Å². The van der Waals surface area contributed by atoms with Gasteiger partial charge >= 0.3 is 0 Å². The van der Waals surface area contributed by atoms with Gasteiger partial charge in [0.15, 0.2) is 11.6 Å². The summed E-state index contributed by atoms with van der Waals surface area (Å²) in [5.41, 5.74) is 4.36. The van der Waals surface area contributed by atoms with E-state index in [1.165, 1.54) is 6.42 Å². The van der Waals surface area contributed by atoms with Crippen molar-refractivity contribution in [2.24, 2.45) is 5.41 Å². The molecule has 1 aromatic carbocycles. The zero-order valence-electron chi connectivity index (χ0n) is 18.9. The highest BCUT2D eigenvalue weighted by Gasteiger charge is 2.35. The van der Waals surface area contributed by atoms with Gasteiger partial charge in [-0.15, -0.1) is 10.2 Å². The lowest BCUT2D eigenvalue weighted by Gasteiger charge is -2.28. The smallest absolute Gasteiger partial charge is 0.272 e. The number of anilines is 1. The summed E-state index contributed by atoms with van der Waals surface area (Å²) in [4.78, 5) is 28.8. The summed E-state index contributed by atoms with van der Waals surface area (Å²) in [7, 11) is 0. The number of benzene rings is 1. The van der Waals surface area contributed by atoms with Crippen molar-refractivity contribution in [1.82, 2.24) is 19.7 Å². The molecule has 2 aliphatic rings. The number of aryl methyl sites for hydroxylation is 1. The van der Waals surface area contributed by atoms with Crippen molar-refractivity contribution in [3.63, 3.8) is 0 Å². The maximum atomic E-state index is 13.0. The predicted molar refractivity (Wildman–Crippen MR) is 123 cm³/mol. The molecule has 0 unspecified atom stereocenters. The Morgan fingerprint density at radius 3 is 2.66 bits per heavy atom. The van der Waals surface area contributed by atoms with Crippen molar-refractivity contribution in [1.29, 1.82) is 0 Å². The summed E-state index contributed by atoms with van der Waals surface area (Å²) in [6.07, 6.45) is 5.77. The lowest BCUT2D eigenvalue weighted by atomic mass is 9.75. The van der Waals surface area contributed by atoms with Crippen LogP contribution in [0, 0.1) is 12.3 Å². The molecule has 0 bridgehead atoms. The minimum absolute atomic E-state index is 0.0924. The number of hydrogen-bond donors (Lipinski definition) is 2. The van der Waals surface area contributed by atoms with Crippen molar-refractivity contribution < 1.29 is 9.59 Å². The van der Waals surface area contributed by atoms with E-state index in [4.69, 9.17) is 0 Å². The lowest BCUT2D eigenvalue weighted by Crippen LogP contribution is -2.26. The number of Topliss-reactive ketones (excluding diaryl/α,β-unsaturated/α-hetero) is 1. The van der Waals surface area contributed by atoms with Gasteiger partial charge in [0.05, 0.1) is 0 Å². The number of amides is 1. The molecule has 7 heteroatoms. The van der Waals surface area contributed by atoms with Crippen LogP contribution in [0.1, 0.15) is 77.5 Å². The van der Waals surface area contributed by atoms with E-state index in [1.54, 1.807) is 0 Å². The van der Waals surface area contributed by atoms with Crippen molar-refractivity contribution in [2.75, 3.05) is 5.32 Å². The Kier molecular flexibility index (Phi) is 4.99. The number of fused-ring (bicyclic) bond motifs is 2. The van der Waals surface area contributed by atoms with E-state index < -0.39 is 0 Å². The molecule has 3 heterocycles. The Morgan fingerprint density at radius 2 is 1.88 bits per heavy atom. The quantitative estimate of drug-likeness (QED) is 0.628. The molecule has 2 N–H and O–H groups in total. The van der Waals surface area contributed by atoms with Crippen LogP contribution in [0.25, 0.3) is 11.4 Å². The van der Waals surface area contributed by atoms with E-state index in [-0.39, 0.29) is 17.1 Å². The molecular formula is C25H29N5O2. The zero-order chi connectivity index (χ0) is 22.5. The topological polar surface area (TPSA) is 92.7 Å². The van der Waals surface area contributed by atoms with Crippen LogP contribution in [-0.2, 0) is 19.4 Å². The molecule has 3 aromatic rings. The van der Waals surface area contributed by atoms with Crippen molar-refractivity contribution in [2.45, 2.75) is 65.8 Å². The van der Waals surface area contributed by atoms with Crippen molar-refractivity contribution in [3.05, 3.63) is 52.6 Å². The van der Waals surface area contributed by atoms with Gasteiger partial charge in [0.25, 0.3) is 5.91 Å². The third-order valence-corrected chi connectivity index (χ3v) is 6.64. The molecule has 32 heavy (non-hydrogen) atoms. The summed E-state index contributed by atoms with van der Waals surface area (Å²) in [6.45, 7) is 6.96. The third-order valence-electron chi connectivity index (χ3n) is 6.64. The maximum absolute atomic E-state index is 13.0. The fraction of sp³-hybridized carbons (Fsp3) is 0.440. The standard InChI is InChI=1S/C25H29N5O2/c1-15-21-18(13-25(2,3)14-19(21)31)27-22(15)24(32)26-17-10-8-16(9-11-17)23-29-28-20-7-5-4-6-12-30(20)23/h8-11,27H,4-7,12-14H2,1-3H3,(H,26,32). The van der Waals surface area contributed by atoms with E-state index in [0.29, 0.717) is 23.4 Å². The van der Waals surface area contributed by atoms with Crippen molar-refractivity contribution >= 4 is 17.4 Å². The van der Waals surface area contributed by atoms with Crippen LogP contribution in [0.4, 0.5) is 5.69 Å². The highest BCUT2D eigenvalue weighted by Crippen LogP contribution is 2.37. The Morgan fingerprint density at radius 1 is 1.09 bits per heavy atom. The van der Waals surface area contributed by atoms with Crippen LogP contribution in [-0.4, -0.2) is 31.4 Å². The van der Waals surface area contributed by atoms with Crippen LogP contribution >= 0.6 is 0 Å². The van der Waals surface area contributed by atoms with E-state index in [1.807, 2.05) is 31.2 Å². The molecule has 1 aliphatic heterocycles. The average molecular weight is 432 g/mol. The van der Waals surface area contributed by atoms with Crippen LogP contribution in [0.3, 0.4) is 0 Å². The summed E-state index contributed by atoms with van der Waals surface area (Å²) in [6, 6.07) is 7.71. The van der Waals surface area contributed by atoms with E-state index in [2.05, 4.69) is 38.9 Å². The first-order chi connectivity index (χ1) is 15.3. The largest absolute Gasteiger partial charge is 0.354 e. The number of H-pyrrole nitrogens is 1. The van der Waals surface area contributed by atoms with E-state index in [0.717, 1.165) is 60.7 Å². The molecule has 0 spiro atoms. The Bertz CT molecular complexity index is 1200. The molecule has 7 nitrogen and oxygen atoms in total. The van der Waals surface area contributed by atoms with Gasteiger partial charge in [0, 0.05) is 41.9 Å². The number of hydrogen-bond acceptors (Lipinski definition) is 4. The number of ketones is 1. The first-order valence-corrected chi connectivity index (χ1v) is 11.4. The van der Waals surface area contributed by atoms with E-state index >= 15 is 0 Å². The van der Waals surface area contributed by atoms with E-state index in [9.17, 15) is 9.59 Å². The second-order valence-corrected chi connectivity index (χ2v) is 9.85. The first kappa shape index (κ1) is 20.7. The fourth-order valence-electron chi connectivity index (χ4n) is 5.05. The van der Waals surface area contributed by atoms with Gasteiger partial charge in [-0.2, -0.15) is 0 Å². The monoisotopic (exact) mass is 431 g/mol. The Labute approximate surface area is 187 Å². The molecule has 5 rings (SSSR count). The Hall–Kier alpha value is -3.22. The second kappa shape index (κ2) is 7.73. The molecule has 1 aliphatic carbocycles. The molecule has 0 radical (unpaired) electrons. The molecule has 1 amide bonds. The van der Waals surface area contributed by atoms with Crippen LogP contribution in [0.5, 0.6) is 0 Å². The molecule has 0 saturated heterocycles. The molecule has 166 valence electrons. The molecular weight excluding hydrogens is 402 g/mol. The van der Waals surface area contributed by atoms with Gasteiger partial charge in [-0.1, -0.05) is 20.3 Å². The minimum Gasteiger partial charge on any atom is -0.354 e. The van der Waals surface area contributed by atoms with Gasteiger partial charge < -0.3 is 14.9 Å². The number of nitrogens with zero attached hydrogens (tertiary/aromatic N) is 3. The SMILES string of the molecule is Cc1c(C(=O)Nc2ccc(-c3nnc4n3CCCCC4)cc2)[nH]c2c1C(=O)CC(C)(C)C2. The molecule has 2 aromatic heterocycles. The fourth-order valence-corrected chi connectivity index (χ4v) is 5.05. The molecule has 0 atom stereocenters.